The van der Waals surface area contributed by atoms with Crippen LogP contribution in [0.15, 0.2) is 95.9 Å². The second-order valence-corrected chi connectivity index (χ2v) is 8.51. The summed E-state index contributed by atoms with van der Waals surface area (Å²) in [5.74, 6) is 0.686. The number of para-hydroxylation sites is 1. The largest absolute Gasteiger partial charge is 0.453 e. The minimum Gasteiger partial charge on any atom is -0.453 e. The van der Waals surface area contributed by atoms with Crippen molar-refractivity contribution >= 4 is 17.3 Å². The van der Waals surface area contributed by atoms with Gasteiger partial charge in [0.1, 0.15) is 5.75 Å². The maximum absolute atomic E-state index is 13.5. The molecule has 0 saturated heterocycles. The number of carbonyl (C=O) groups is 1. The first kappa shape index (κ1) is 24.7. The van der Waals surface area contributed by atoms with E-state index in [0.29, 0.717) is 30.1 Å². The number of likely N-dealkylation sites (N-methyl/N-ethyl adjacent to an activating group) is 1. The van der Waals surface area contributed by atoms with E-state index in [-0.39, 0.29) is 22.9 Å². The van der Waals surface area contributed by atoms with Gasteiger partial charge < -0.3 is 20.3 Å². The first-order valence-corrected chi connectivity index (χ1v) is 11.7. The lowest BCUT2D eigenvalue weighted by Crippen LogP contribution is -2.31. The maximum atomic E-state index is 13.5. The van der Waals surface area contributed by atoms with Crippen molar-refractivity contribution in [2.24, 2.45) is 0 Å². The molecule has 2 N–H and O–H groups in total. The summed E-state index contributed by atoms with van der Waals surface area (Å²) in [6.07, 6.45) is 1.53. The van der Waals surface area contributed by atoms with E-state index in [2.05, 4.69) is 15.7 Å². The Balaban J connectivity index is 1.63. The summed E-state index contributed by atoms with van der Waals surface area (Å²) < 4.78 is 7.38. The Morgan fingerprint density at radius 1 is 0.972 bits per heavy atom. The molecule has 0 radical (unpaired) electrons. The molecule has 1 aromatic heterocycles. The minimum absolute atomic E-state index is 0.183. The average molecular weight is 484 g/mol. The van der Waals surface area contributed by atoms with Crippen molar-refractivity contribution in [3.63, 3.8) is 0 Å². The number of benzene rings is 3. The lowest BCUT2D eigenvalue weighted by Gasteiger charge is -2.15. The van der Waals surface area contributed by atoms with Gasteiger partial charge in [0.2, 0.25) is 0 Å². The fraction of sp³-hybridized carbons (Fsp3) is 0.179. The number of amides is 1. The molecule has 4 rings (SSSR count). The number of hydrogen-bond donors (Lipinski definition) is 2. The molecule has 4 aromatic rings. The van der Waals surface area contributed by atoms with Crippen molar-refractivity contribution in [2.75, 3.05) is 32.5 Å². The number of anilines is 2. The van der Waals surface area contributed by atoms with Gasteiger partial charge in [0.25, 0.3) is 11.5 Å². The van der Waals surface area contributed by atoms with Gasteiger partial charge >= 0.3 is 0 Å². The van der Waals surface area contributed by atoms with Crippen molar-refractivity contribution in [3.05, 3.63) is 113 Å². The van der Waals surface area contributed by atoms with E-state index in [0.717, 1.165) is 12.1 Å². The lowest BCUT2D eigenvalue weighted by atomic mass is 10.2. The molecule has 3 aromatic carbocycles. The zero-order chi connectivity index (χ0) is 25.3. The average Bonchev–Trinajstić information content (AvgIpc) is 2.89. The molecule has 0 unspecified atom stereocenters. The highest BCUT2D eigenvalue weighted by molar-refractivity contribution is 5.95. The molecule has 0 fully saturated rings. The summed E-state index contributed by atoms with van der Waals surface area (Å²) in [7, 11) is 3.90. The van der Waals surface area contributed by atoms with Gasteiger partial charge in [-0.3, -0.25) is 9.59 Å². The van der Waals surface area contributed by atoms with E-state index in [1.807, 2.05) is 67.5 Å². The van der Waals surface area contributed by atoms with Gasteiger partial charge in [0.05, 0.1) is 12.7 Å². The van der Waals surface area contributed by atoms with Crippen LogP contribution in [0.1, 0.15) is 15.9 Å². The van der Waals surface area contributed by atoms with Gasteiger partial charge in [-0.2, -0.15) is 5.10 Å². The van der Waals surface area contributed by atoms with Crippen molar-refractivity contribution in [2.45, 2.75) is 6.54 Å². The Hall–Kier alpha value is -4.43. The van der Waals surface area contributed by atoms with Gasteiger partial charge in [-0.15, -0.1) is 0 Å². The van der Waals surface area contributed by atoms with Crippen LogP contribution in [0, 0.1) is 0 Å². The molecule has 184 valence electrons. The number of rotatable bonds is 10. The zero-order valence-electron chi connectivity index (χ0n) is 20.3. The fourth-order valence-electron chi connectivity index (χ4n) is 3.53. The molecule has 0 aliphatic carbocycles. The van der Waals surface area contributed by atoms with Gasteiger partial charge in [0.15, 0.2) is 11.4 Å². The van der Waals surface area contributed by atoms with Crippen molar-refractivity contribution < 1.29 is 9.53 Å². The van der Waals surface area contributed by atoms with E-state index in [1.165, 1.54) is 10.9 Å². The summed E-state index contributed by atoms with van der Waals surface area (Å²) in [4.78, 5) is 28.1. The molecule has 0 aliphatic heterocycles. The summed E-state index contributed by atoms with van der Waals surface area (Å²) in [5, 5.41) is 10.4. The molecule has 1 heterocycles. The summed E-state index contributed by atoms with van der Waals surface area (Å²) in [6.45, 7) is 1.59. The lowest BCUT2D eigenvalue weighted by molar-refractivity contribution is 0.0951. The molecule has 8 nitrogen and oxygen atoms in total. The molecule has 0 bridgehead atoms. The minimum atomic E-state index is -0.340. The summed E-state index contributed by atoms with van der Waals surface area (Å²) in [5.41, 5.74) is 1.92. The van der Waals surface area contributed by atoms with Gasteiger partial charge in [-0.1, -0.05) is 54.6 Å². The molecule has 0 aliphatic rings. The standard InChI is InChI=1S/C28H29N5O3/c1-32(2)17-16-29-27(34)22-12-9-13-23(18-22)31-26-25(36-24-14-7-4-8-15-24)19-30-33(28(26)35)20-21-10-5-3-6-11-21/h3-15,18-19,31H,16-17,20H2,1-2H3,(H,29,34). The highest BCUT2D eigenvalue weighted by atomic mass is 16.5. The SMILES string of the molecule is CN(C)CCNC(=O)c1cccc(Nc2c(Oc3ccccc3)cnn(Cc3ccccc3)c2=O)c1. The van der Waals surface area contributed by atoms with E-state index in [1.54, 1.807) is 36.4 Å². The third kappa shape index (κ3) is 6.58. The number of aromatic nitrogens is 2. The van der Waals surface area contributed by atoms with Crippen LogP contribution in [-0.2, 0) is 6.54 Å². The normalized spacial score (nSPS) is 10.8. The predicted molar refractivity (Wildman–Crippen MR) is 141 cm³/mol. The van der Waals surface area contributed by atoms with E-state index in [4.69, 9.17) is 4.74 Å². The topological polar surface area (TPSA) is 88.5 Å². The Morgan fingerprint density at radius 2 is 1.69 bits per heavy atom. The molecule has 36 heavy (non-hydrogen) atoms. The first-order valence-electron chi connectivity index (χ1n) is 11.7. The van der Waals surface area contributed by atoms with E-state index in [9.17, 15) is 9.59 Å². The smallest absolute Gasteiger partial charge is 0.294 e. The Bertz CT molecular complexity index is 1350. The zero-order valence-corrected chi connectivity index (χ0v) is 20.3. The first-order chi connectivity index (χ1) is 17.5. The fourth-order valence-corrected chi connectivity index (χ4v) is 3.53. The number of ether oxygens (including phenoxy) is 1. The summed E-state index contributed by atoms with van der Waals surface area (Å²) >= 11 is 0. The second-order valence-electron chi connectivity index (χ2n) is 8.51. The maximum Gasteiger partial charge on any atom is 0.294 e. The van der Waals surface area contributed by atoms with Crippen LogP contribution >= 0.6 is 0 Å². The van der Waals surface area contributed by atoms with Gasteiger partial charge in [0, 0.05) is 24.3 Å². The van der Waals surface area contributed by atoms with Crippen LogP contribution in [0.4, 0.5) is 11.4 Å². The van der Waals surface area contributed by atoms with Crippen LogP contribution in [0.2, 0.25) is 0 Å². The second kappa shape index (κ2) is 11.8. The van der Waals surface area contributed by atoms with Crippen LogP contribution in [0.25, 0.3) is 0 Å². The third-order valence-electron chi connectivity index (χ3n) is 5.39. The number of nitrogens with one attached hydrogen (secondary N) is 2. The molecule has 8 heteroatoms. The van der Waals surface area contributed by atoms with Crippen molar-refractivity contribution in [1.82, 2.24) is 20.0 Å². The monoisotopic (exact) mass is 483 g/mol. The Labute approximate surface area is 210 Å². The summed E-state index contributed by atoms with van der Waals surface area (Å²) in [6, 6.07) is 25.8. The van der Waals surface area contributed by atoms with E-state index >= 15 is 0 Å². The number of nitrogens with zero attached hydrogens (tertiary/aromatic N) is 3. The quantitative estimate of drug-likeness (QED) is 0.353. The van der Waals surface area contributed by atoms with Gasteiger partial charge in [-0.25, -0.2) is 4.68 Å². The number of carbonyl (C=O) groups excluding carboxylic acids is 1. The van der Waals surface area contributed by atoms with Crippen LogP contribution in [0.5, 0.6) is 11.5 Å². The molecule has 0 atom stereocenters. The highest BCUT2D eigenvalue weighted by Gasteiger charge is 2.15. The molecule has 1 amide bonds. The highest BCUT2D eigenvalue weighted by Crippen LogP contribution is 2.28. The predicted octanol–water partition coefficient (Wildman–Crippen LogP) is 4.12. The van der Waals surface area contributed by atoms with Crippen LogP contribution in [-0.4, -0.2) is 47.8 Å². The van der Waals surface area contributed by atoms with Crippen molar-refractivity contribution in [3.8, 4) is 11.5 Å². The molecule has 0 saturated carbocycles. The van der Waals surface area contributed by atoms with Crippen molar-refractivity contribution in [1.29, 1.82) is 0 Å². The molecular formula is C28H29N5O3. The Morgan fingerprint density at radius 3 is 2.42 bits per heavy atom. The third-order valence-corrected chi connectivity index (χ3v) is 5.39. The van der Waals surface area contributed by atoms with Crippen LogP contribution in [0.3, 0.4) is 0 Å². The van der Waals surface area contributed by atoms with Crippen LogP contribution < -0.4 is 20.9 Å². The molecular weight excluding hydrogens is 454 g/mol. The number of hydrogen-bond acceptors (Lipinski definition) is 6. The van der Waals surface area contributed by atoms with Gasteiger partial charge in [-0.05, 0) is 50.0 Å². The van der Waals surface area contributed by atoms with E-state index < -0.39 is 0 Å². The Kier molecular flexibility index (Phi) is 8.10. The molecule has 0 spiro atoms.